The highest BCUT2D eigenvalue weighted by Crippen LogP contribution is 2.24. The maximum Gasteiger partial charge on any atom is 0.274 e. The van der Waals surface area contributed by atoms with Crippen LogP contribution in [-0.4, -0.2) is 17.7 Å². The molecule has 0 radical (unpaired) electrons. The Balaban J connectivity index is 1.94. The summed E-state index contributed by atoms with van der Waals surface area (Å²) in [4.78, 5) is 25.6. The minimum Gasteiger partial charge on any atom is -0.496 e. The molecule has 0 aliphatic rings. The van der Waals surface area contributed by atoms with Crippen LogP contribution in [0.5, 0.6) is 5.75 Å². The van der Waals surface area contributed by atoms with Crippen LogP contribution in [0.15, 0.2) is 59.4 Å². The summed E-state index contributed by atoms with van der Waals surface area (Å²) >= 11 is 12.4. The van der Waals surface area contributed by atoms with E-state index >= 15 is 0 Å². The Labute approximate surface area is 163 Å². The summed E-state index contributed by atoms with van der Waals surface area (Å²) < 4.78 is 6.45. The van der Waals surface area contributed by atoms with E-state index in [1.54, 1.807) is 48.5 Å². The minimum absolute atomic E-state index is 0.227. The monoisotopic (exact) mass is 404 g/mol. The summed E-state index contributed by atoms with van der Waals surface area (Å²) in [7, 11) is 1.47. The molecule has 0 bridgehead atoms. The van der Waals surface area contributed by atoms with Crippen LogP contribution in [-0.2, 0) is 0 Å². The van der Waals surface area contributed by atoms with Crippen molar-refractivity contribution in [1.82, 2.24) is 4.68 Å². The fourth-order valence-electron chi connectivity index (χ4n) is 2.29. The van der Waals surface area contributed by atoms with Crippen LogP contribution in [0.1, 0.15) is 10.4 Å². The topological polar surface area (TPSA) is 60.3 Å². The summed E-state index contributed by atoms with van der Waals surface area (Å²) in [5, 5.41) is 0.606. The SMILES string of the molecule is COc1ccccc1C(=O)Nn1c(=O)cc(-c2ccc(Cl)cc2)sc1=S. The number of nitrogens with zero attached hydrogens (tertiary/aromatic N) is 1. The van der Waals surface area contributed by atoms with Crippen molar-refractivity contribution in [1.29, 1.82) is 0 Å². The summed E-state index contributed by atoms with van der Waals surface area (Å²) in [6, 6.07) is 15.2. The molecule has 0 fully saturated rings. The maximum absolute atomic E-state index is 12.5. The highest BCUT2D eigenvalue weighted by Gasteiger charge is 2.14. The number of halogens is 1. The lowest BCUT2D eigenvalue weighted by Gasteiger charge is -2.11. The van der Waals surface area contributed by atoms with Crippen molar-refractivity contribution in [2.45, 2.75) is 0 Å². The summed E-state index contributed by atoms with van der Waals surface area (Å²) in [5.74, 6) is -0.0764. The highest BCUT2D eigenvalue weighted by molar-refractivity contribution is 7.73. The van der Waals surface area contributed by atoms with E-state index in [0.717, 1.165) is 10.2 Å². The molecule has 0 aliphatic carbocycles. The smallest absolute Gasteiger partial charge is 0.274 e. The molecule has 1 heterocycles. The first kappa shape index (κ1) is 18.3. The van der Waals surface area contributed by atoms with E-state index < -0.39 is 11.5 Å². The number of nitrogens with one attached hydrogen (secondary N) is 1. The Hall–Kier alpha value is -2.48. The van der Waals surface area contributed by atoms with Crippen molar-refractivity contribution in [3.8, 4) is 16.2 Å². The predicted molar refractivity (Wildman–Crippen MR) is 107 cm³/mol. The number of para-hydroxylation sites is 1. The van der Waals surface area contributed by atoms with Gasteiger partial charge >= 0.3 is 0 Å². The van der Waals surface area contributed by atoms with Crippen LogP contribution in [0.4, 0.5) is 0 Å². The Kier molecular flexibility index (Phi) is 5.51. The first-order chi connectivity index (χ1) is 12.5. The third-order valence-electron chi connectivity index (χ3n) is 3.55. The molecule has 0 unspecified atom stereocenters. The summed E-state index contributed by atoms with van der Waals surface area (Å²) in [6.07, 6.45) is 0. The van der Waals surface area contributed by atoms with Gasteiger partial charge in [0.25, 0.3) is 11.5 Å². The lowest BCUT2D eigenvalue weighted by atomic mass is 10.2. The second-order valence-corrected chi connectivity index (χ2v) is 7.31. The number of hydrogen-bond donors (Lipinski definition) is 1. The van der Waals surface area contributed by atoms with E-state index in [4.69, 9.17) is 28.6 Å². The molecule has 0 saturated carbocycles. The molecule has 26 heavy (non-hydrogen) atoms. The predicted octanol–water partition coefficient (Wildman–Crippen LogP) is 4.35. The van der Waals surface area contributed by atoms with Gasteiger partial charge in [-0.15, -0.1) is 11.3 Å². The highest BCUT2D eigenvalue weighted by atomic mass is 35.5. The van der Waals surface area contributed by atoms with E-state index in [0.29, 0.717) is 21.2 Å². The Morgan fingerprint density at radius 3 is 2.54 bits per heavy atom. The van der Waals surface area contributed by atoms with E-state index in [1.807, 2.05) is 0 Å². The van der Waals surface area contributed by atoms with E-state index in [1.165, 1.54) is 24.5 Å². The van der Waals surface area contributed by atoms with Gasteiger partial charge in [-0.3, -0.25) is 15.0 Å². The van der Waals surface area contributed by atoms with Crippen LogP contribution in [0, 0.1) is 3.95 Å². The minimum atomic E-state index is -0.484. The van der Waals surface area contributed by atoms with Crippen LogP contribution in [0.25, 0.3) is 10.4 Å². The van der Waals surface area contributed by atoms with Crippen LogP contribution in [0.3, 0.4) is 0 Å². The number of amides is 1. The van der Waals surface area contributed by atoms with Gasteiger partial charge in [-0.25, -0.2) is 0 Å². The van der Waals surface area contributed by atoms with Crippen LogP contribution < -0.4 is 15.7 Å². The van der Waals surface area contributed by atoms with Crippen molar-refractivity contribution in [3.05, 3.63) is 79.5 Å². The average Bonchev–Trinajstić information content (AvgIpc) is 2.65. The van der Waals surface area contributed by atoms with Gasteiger partial charge in [-0.2, -0.15) is 4.68 Å². The molecular weight excluding hydrogens is 392 g/mol. The van der Waals surface area contributed by atoms with Gasteiger partial charge in [0.05, 0.1) is 12.7 Å². The first-order valence-electron chi connectivity index (χ1n) is 7.47. The van der Waals surface area contributed by atoms with Crippen LogP contribution >= 0.6 is 35.2 Å². The molecule has 1 aromatic heterocycles. The molecule has 0 saturated heterocycles. The van der Waals surface area contributed by atoms with Gasteiger partial charge in [-0.05, 0) is 42.0 Å². The molecular formula is C18H13ClN2O3S2. The zero-order valence-corrected chi connectivity index (χ0v) is 16.0. The number of carbonyl (C=O) groups is 1. The average molecular weight is 405 g/mol. The second-order valence-electron chi connectivity index (χ2n) is 5.20. The van der Waals surface area contributed by atoms with E-state index in [-0.39, 0.29) is 3.95 Å². The zero-order valence-electron chi connectivity index (χ0n) is 13.6. The summed E-state index contributed by atoms with van der Waals surface area (Å²) in [6.45, 7) is 0. The Morgan fingerprint density at radius 2 is 1.88 bits per heavy atom. The second kappa shape index (κ2) is 7.82. The number of carbonyl (C=O) groups excluding carboxylic acids is 1. The van der Waals surface area contributed by atoms with Gasteiger partial charge in [-0.1, -0.05) is 35.9 Å². The van der Waals surface area contributed by atoms with Crippen molar-refractivity contribution >= 4 is 41.1 Å². The van der Waals surface area contributed by atoms with E-state index in [2.05, 4.69) is 5.43 Å². The van der Waals surface area contributed by atoms with Crippen molar-refractivity contribution < 1.29 is 9.53 Å². The van der Waals surface area contributed by atoms with Gasteiger partial charge < -0.3 is 4.74 Å². The number of benzene rings is 2. The van der Waals surface area contributed by atoms with Crippen molar-refractivity contribution in [2.24, 2.45) is 0 Å². The van der Waals surface area contributed by atoms with Crippen LogP contribution in [0.2, 0.25) is 5.02 Å². The van der Waals surface area contributed by atoms with Gasteiger partial charge in [0.1, 0.15) is 5.75 Å². The molecule has 132 valence electrons. The first-order valence-corrected chi connectivity index (χ1v) is 9.07. The third-order valence-corrected chi connectivity index (χ3v) is 5.16. The molecule has 0 aliphatic heterocycles. The number of rotatable bonds is 4. The standard InChI is InChI=1S/C18H13ClN2O3S2/c1-24-14-5-3-2-4-13(14)17(23)20-21-16(22)10-15(26-18(21)25)11-6-8-12(19)9-7-11/h2-10H,1H3,(H,20,23). The molecule has 5 nitrogen and oxygen atoms in total. The van der Waals surface area contributed by atoms with Gasteiger partial charge in [0.2, 0.25) is 0 Å². The Morgan fingerprint density at radius 1 is 1.19 bits per heavy atom. The fourth-order valence-corrected chi connectivity index (χ4v) is 3.65. The molecule has 3 aromatic rings. The fraction of sp³-hybridized carbons (Fsp3) is 0.0556. The van der Waals surface area contributed by atoms with E-state index in [9.17, 15) is 9.59 Å². The molecule has 1 N–H and O–H groups in total. The lowest BCUT2D eigenvalue weighted by molar-refractivity contribution is 0.100. The van der Waals surface area contributed by atoms with Crippen molar-refractivity contribution in [2.75, 3.05) is 12.5 Å². The lowest BCUT2D eigenvalue weighted by Crippen LogP contribution is -2.33. The molecule has 8 heteroatoms. The normalized spacial score (nSPS) is 10.4. The number of hydrogen-bond acceptors (Lipinski definition) is 5. The molecule has 1 amide bonds. The third kappa shape index (κ3) is 3.85. The van der Waals surface area contributed by atoms with Gasteiger partial charge in [0, 0.05) is 16.0 Å². The molecule has 0 atom stereocenters. The molecule has 3 rings (SSSR count). The quantitative estimate of drug-likeness (QED) is 0.656. The summed E-state index contributed by atoms with van der Waals surface area (Å²) in [5.41, 5.74) is 3.23. The number of ether oxygens (including phenoxy) is 1. The Bertz CT molecular complexity index is 1040. The largest absolute Gasteiger partial charge is 0.496 e. The molecule has 0 spiro atoms. The zero-order chi connectivity index (χ0) is 18.7. The molecule has 2 aromatic carbocycles. The van der Waals surface area contributed by atoms with Gasteiger partial charge in [0.15, 0.2) is 3.95 Å². The maximum atomic E-state index is 12.5. The number of aromatic nitrogens is 1. The van der Waals surface area contributed by atoms with Crippen molar-refractivity contribution in [3.63, 3.8) is 0 Å². The number of methoxy groups -OCH3 is 1.